The van der Waals surface area contributed by atoms with Crippen LogP contribution in [0.3, 0.4) is 0 Å². The summed E-state index contributed by atoms with van der Waals surface area (Å²) in [4.78, 5) is 12.5. The first-order chi connectivity index (χ1) is 11.4. The van der Waals surface area contributed by atoms with Gasteiger partial charge in [-0.1, -0.05) is 29.8 Å². The maximum atomic E-state index is 12.5. The number of carbonyl (C=O) groups excluding carboxylic acids is 1. The number of alkyl halides is 1. The minimum Gasteiger partial charge on any atom is -0.393 e. The molecule has 4 fully saturated rings. The van der Waals surface area contributed by atoms with Gasteiger partial charge < -0.3 is 5.11 Å². The molecule has 4 aliphatic carbocycles. The lowest BCUT2D eigenvalue weighted by atomic mass is 9.44. The topological polar surface area (TPSA) is 37.3 Å². The first-order valence-corrected chi connectivity index (χ1v) is 11.3. The lowest BCUT2D eigenvalue weighted by molar-refractivity contribution is -0.138. The largest absolute Gasteiger partial charge is 0.393 e. The van der Waals surface area contributed by atoms with Crippen molar-refractivity contribution in [3.8, 4) is 0 Å². The highest BCUT2D eigenvalue weighted by Gasteiger charge is 2.60. The van der Waals surface area contributed by atoms with Crippen LogP contribution in [0.5, 0.6) is 0 Å². The number of aliphatic hydroxyl groups excluding tert-OH is 1. The number of Topliss-reactive ketones (excluding diaryl/α,β-unsaturated/α-hetero) is 1. The van der Waals surface area contributed by atoms with Crippen LogP contribution in [0.25, 0.3) is 0 Å². The van der Waals surface area contributed by atoms with E-state index in [0.717, 1.165) is 42.9 Å². The molecule has 0 bridgehead atoms. The van der Waals surface area contributed by atoms with Crippen LogP contribution in [-0.2, 0) is 4.79 Å². The molecule has 136 valence electrons. The first-order valence-electron chi connectivity index (χ1n) is 10.2. The molecule has 0 heterocycles. The van der Waals surface area contributed by atoms with Gasteiger partial charge in [0.05, 0.1) is 11.4 Å². The predicted octanol–water partition coefficient (Wildman–Crippen LogP) is 4.97. The Labute approximate surface area is 155 Å². The molecule has 0 aromatic rings. The molecule has 0 radical (unpaired) electrons. The molecule has 2 nitrogen and oxygen atoms in total. The number of carbonyl (C=O) groups is 1. The zero-order valence-electron chi connectivity index (χ0n) is 15.3. The second kappa shape index (κ2) is 6.08. The lowest BCUT2D eigenvalue weighted by Gasteiger charge is -2.60. The summed E-state index contributed by atoms with van der Waals surface area (Å²) in [7, 11) is 0. The SMILES string of the molecule is C[C@]12CC[C@H](O)C[C@@H]1CC[C@@H]1[C@@H]2CC[C@]2(C)[C@@H](C(=O)CBr)CC[C@@H]12. The molecule has 0 saturated heterocycles. The molecule has 0 aromatic carbocycles. The van der Waals surface area contributed by atoms with Crippen LogP contribution in [-0.4, -0.2) is 22.3 Å². The minimum absolute atomic E-state index is 0.0547. The predicted molar refractivity (Wildman–Crippen MR) is 100 cm³/mol. The molecule has 0 aliphatic heterocycles. The van der Waals surface area contributed by atoms with E-state index in [-0.39, 0.29) is 11.5 Å². The van der Waals surface area contributed by atoms with E-state index in [1.54, 1.807) is 0 Å². The number of hydrogen-bond acceptors (Lipinski definition) is 2. The van der Waals surface area contributed by atoms with Gasteiger partial charge in [-0.25, -0.2) is 0 Å². The van der Waals surface area contributed by atoms with Crippen LogP contribution >= 0.6 is 15.9 Å². The van der Waals surface area contributed by atoms with Crippen molar-refractivity contribution >= 4 is 21.7 Å². The molecular weight excluding hydrogens is 364 g/mol. The Morgan fingerprint density at radius 1 is 1.00 bits per heavy atom. The van der Waals surface area contributed by atoms with Crippen molar-refractivity contribution in [3.63, 3.8) is 0 Å². The van der Waals surface area contributed by atoms with Gasteiger partial charge in [0, 0.05) is 5.92 Å². The van der Waals surface area contributed by atoms with Gasteiger partial charge in [-0.3, -0.25) is 4.79 Å². The van der Waals surface area contributed by atoms with Crippen molar-refractivity contribution in [2.24, 2.45) is 40.4 Å². The molecular formula is C21H33BrO2. The number of hydrogen-bond donors (Lipinski definition) is 1. The summed E-state index contributed by atoms with van der Waals surface area (Å²) in [5.74, 6) is 3.88. The van der Waals surface area contributed by atoms with Crippen molar-refractivity contribution in [1.29, 1.82) is 0 Å². The summed E-state index contributed by atoms with van der Waals surface area (Å²) < 4.78 is 0. The fourth-order valence-corrected chi connectivity index (χ4v) is 8.25. The summed E-state index contributed by atoms with van der Waals surface area (Å²) in [6, 6.07) is 0. The molecule has 0 spiro atoms. The molecule has 3 heteroatoms. The summed E-state index contributed by atoms with van der Waals surface area (Å²) in [6.07, 6.45) is 10.8. The van der Waals surface area contributed by atoms with E-state index in [1.165, 1.54) is 38.5 Å². The molecule has 0 unspecified atom stereocenters. The van der Waals surface area contributed by atoms with Gasteiger partial charge in [-0.2, -0.15) is 0 Å². The van der Waals surface area contributed by atoms with Crippen molar-refractivity contribution in [3.05, 3.63) is 0 Å². The third-order valence-electron chi connectivity index (χ3n) is 9.16. The molecule has 1 N–H and O–H groups in total. The Hall–Kier alpha value is 0.110. The highest BCUT2D eigenvalue weighted by molar-refractivity contribution is 9.09. The molecule has 4 aliphatic rings. The van der Waals surface area contributed by atoms with Crippen molar-refractivity contribution in [1.82, 2.24) is 0 Å². The maximum absolute atomic E-state index is 12.5. The van der Waals surface area contributed by atoms with Gasteiger partial charge in [-0.15, -0.1) is 0 Å². The maximum Gasteiger partial charge on any atom is 0.147 e. The number of fused-ring (bicyclic) bond motifs is 5. The van der Waals surface area contributed by atoms with Gasteiger partial charge in [-0.05, 0) is 92.3 Å². The first kappa shape index (κ1) is 17.5. The molecule has 0 amide bonds. The standard InChI is InChI=1S/C21H33BrO2/c1-20-9-7-14(23)11-13(20)3-4-15-16-5-6-18(19(24)12-22)21(16,2)10-8-17(15)20/h13-18,23H,3-12H2,1-2H3/t13-,14-,15-,16-,17-,18+,20-,21-/m0/s1. The average Bonchev–Trinajstić information content (AvgIpc) is 2.92. The Morgan fingerprint density at radius 2 is 1.71 bits per heavy atom. The fourth-order valence-electron chi connectivity index (χ4n) is 7.86. The van der Waals surface area contributed by atoms with Crippen LogP contribution < -0.4 is 0 Å². The monoisotopic (exact) mass is 396 g/mol. The Morgan fingerprint density at radius 3 is 2.46 bits per heavy atom. The Bertz CT molecular complexity index is 520. The van der Waals surface area contributed by atoms with E-state index in [4.69, 9.17) is 0 Å². The minimum atomic E-state index is -0.0547. The van der Waals surface area contributed by atoms with E-state index in [1.807, 2.05) is 0 Å². The number of ketones is 1. The number of aliphatic hydroxyl groups is 1. The van der Waals surface area contributed by atoms with Crippen molar-refractivity contribution < 1.29 is 9.90 Å². The molecule has 0 aromatic heterocycles. The van der Waals surface area contributed by atoms with E-state index in [9.17, 15) is 9.90 Å². The van der Waals surface area contributed by atoms with E-state index in [2.05, 4.69) is 29.8 Å². The zero-order chi connectivity index (χ0) is 17.1. The Balaban J connectivity index is 1.60. The summed E-state index contributed by atoms with van der Waals surface area (Å²) in [5, 5.41) is 10.7. The summed E-state index contributed by atoms with van der Waals surface area (Å²) >= 11 is 3.42. The van der Waals surface area contributed by atoms with E-state index >= 15 is 0 Å². The molecule has 8 atom stereocenters. The van der Waals surface area contributed by atoms with Gasteiger partial charge >= 0.3 is 0 Å². The van der Waals surface area contributed by atoms with Crippen molar-refractivity contribution in [2.45, 2.75) is 77.7 Å². The highest BCUT2D eigenvalue weighted by atomic mass is 79.9. The van der Waals surface area contributed by atoms with Gasteiger partial charge in [0.25, 0.3) is 0 Å². The van der Waals surface area contributed by atoms with Crippen molar-refractivity contribution in [2.75, 3.05) is 5.33 Å². The summed E-state index contributed by atoms with van der Waals surface area (Å²) in [5.41, 5.74) is 0.699. The second-order valence-corrected chi connectivity index (χ2v) is 10.4. The van der Waals surface area contributed by atoms with Gasteiger partial charge in [0.1, 0.15) is 5.78 Å². The zero-order valence-corrected chi connectivity index (χ0v) is 16.9. The van der Waals surface area contributed by atoms with Crippen LogP contribution in [0.1, 0.15) is 71.6 Å². The van der Waals surface area contributed by atoms with E-state index < -0.39 is 0 Å². The summed E-state index contributed by atoms with van der Waals surface area (Å²) in [6.45, 7) is 4.98. The fraction of sp³-hybridized carbons (Fsp3) is 0.952. The smallest absolute Gasteiger partial charge is 0.147 e. The van der Waals surface area contributed by atoms with Crippen LogP contribution in [0.15, 0.2) is 0 Å². The normalized spacial score (nSPS) is 53.8. The highest BCUT2D eigenvalue weighted by Crippen LogP contribution is 2.67. The molecule has 4 rings (SSSR count). The second-order valence-electron chi connectivity index (χ2n) is 9.86. The van der Waals surface area contributed by atoms with E-state index in [0.29, 0.717) is 22.4 Å². The van der Waals surface area contributed by atoms with Gasteiger partial charge in [0.15, 0.2) is 0 Å². The van der Waals surface area contributed by atoms with Gasteiger partial charge in [0.2, 0.25) is 0 Å². The third-order valence-corrected chi connectivity index (χ3v) is 9.71. The quantitative estimate of drug-likeness (QED) is 0.668. The molecule has 24 heavy (non-hydrogen) atoms. The van der Waals surface area contributed by atoms with Crippen LogP contribution in [0, 0.1) is 40.4 Å². The van der Waals surface area contributed by atoms with Crippen LogP contribution in [0.4, 0.5) is 0 Å². The third kappa shape index (κ3) is 2.40. The lowest BCUT2D eigenvalue weighted by Crippen LogP contribution is -2.54. The molecule has 4 saturated carbocycles. The number of halogens is 1. The number of rotatable bonds is 2. The Kier molecular flexibility index (Phi) is 4.44. The average molecular weight is 397 g/mol. The van der Waals surface area contributed by atoms with Crippen LogP contribution in [0.2, 0.25) is 0 Å².